The highest BCUT2D eigenvalue weighted by molar-refractivity contribution is 8.00. The molecular formula is C13H25NO2S2. The highest BCUT2D eigenvalue weighted by Crippen LogP contribution is 2.36. The van der Waals surface area contributed by atoms with Gasteiger partial charge in [0.1, 0.15) is 9.84 Å². The van der Waals surface area contributed by atoms with E-state index >= 15 is 0 Å². The van der Waals surface area contributed by atoms with E-state index in [4.69, 9.17) is 5.73 Å². The van der Waals surface area contributed by atoms with Gasteiger partial charge in [-0.1, -0.05) is 12.8 Å². The van der Waals surface area contributed by atoms with Gasteiger partial charge in [0.2, 0.25) is 0 Å². The van der Waals surface area contributed by atoms with Crippen LogP contribution in [-0.2, 0) is 9.84 Å². The average Bonchev–Trinajstić information content (AvgIpc) is 2.38. The molecule has 3 nitrogen and oxygen atoms in total. The van der Waals surface area contributed by atoms with Crippen LogP contribution in [0.15, 0.2) is 0 Å². The first-order chi connectivity index (χ1) is 8.48. The molecule has 0 radical (unpaired) electrons. The second-order valence-electron chi connectivity index (χ2n) is 5.86. The van der Waals surface area contributed by atoms with Gasteiger partial charge in [0.25, 0.3) is 0 Å². The van der Waals surface area contributed by atoms with Crippen molar-refractivity contribution in [1.29, 1.82) is 0 Å². The second-order valence-corrected chi connectivity index (χ2v) is 9.53. The normalized spacial score (nSPS) is 36.2. The van der Waals surface area contributed by atoms with E-state index in [2.05, 4.69) is 0 Å². The fourth-order valence-electron chi connectivity index (χ4n) is 3.29. The predicted octanol–water partition coefficient (Wildman–Crippen LogP) is 2.20. The van der Waals surface area contributed by atoms with Crippen molar-refractivity contribution in [2.75, 3.05) is 12.0 Å². The van der Waals surface area contributed by atoms with Crippen LogP contribution in [0.3, 0.4) is 0 Å². The van der Waals surface area contributed by atoms with Gasteiger partial charge in [-0.25, -0.2) is 8.42 Å². The van der Waals surface area contributed by atoms with Gasteiger partial charge in [-0.2, -0.15) is 11.8 Å². The van der Waals surface area contributed by atoms with Crippen molar-refractivity contribution in [2.24, 2.45) is 11.7 Å². The molecule has 4 atom stereocenters. The van der Waals surface area contributed by atoms with Crippen LogP contribution >= 0.6 is 11.8 Å². The highest BCUT2D eigenvalue weighted by atomic mass is 32.2. The fourth-order valence-corrected chi connectivity index (χ4v) is 5.94. The maximum Gasteiger partial charge on any atom is 0.150 e. The van der Waals surface area contributed by atoms with Crippen LogP contribution in [0.25, 0.3) is 0 Å². The lowest BCUT2D eigenvalue weighted by Gasteiger charge is -2.37. The first kappa shape index (κ1) is 14.7. The third-order valence-electron chi connectivity index (χ3n) is 4.46. The lowest BCUT2D eigenvalue weighted by atomic mass is 9.82. The van der Waals surface area contributed by atoms with Crippen molar-refractivity contribution in [3.8, 4) is 0 Å². The Balaban J connectivity index is 1.95. The predicted molar refractivity (Wildman–Crippen MR) is 78.7 cm³/mol. The van der Waals surface area contributed by atoms with E-state index in [1.807, 2.05) is 11.8 Å². The summed E-state index contributed by atoms with van der Waals surface area (Å²) >= 11 is 2.00. The largest absolute Gasteiger partial charge is 0.326 e. The Labute approximate surface area is 115 Å². The molecule has 2 rings (SSSR count). The zero-order valence-corrected chi connectivity index (χ0v) is 12.8. The van der Waals surface area contributed by atoms with Crippen LogP contribution < -0.4 is 5.73 Å². The average molecular weight is 291 g/mol. The minimum Gasteiger partial charge on any atom is -0.326 e. The van der Waals surface area contributed by atoms with Crippen molar-refractivity contribution < 1.29 is 8.42 Å². The second kappa shape index (κ2) is 6.14. The summed E-state index contributed by atoms with van der Waals surface area (Å²) in [6.45, 7) is 0. The van der Waals surface area contributed by atoms with Gasteiger partial charge < -0.3 is 5.73 Å². The number of rotatable bonds is 3. The minimum absolute atomic E-state index is 0.143. The first-order valence-corrected chi connectivity index (χ1v) is 10.0. The Morgan fingerprint density at radius 3 is 2.56 bits per heavy atom. The molecule has 0 aromatic rings. The molecule has 0 spiro atoms. The summed E-state index contributed by atoms with van der Waals surface area (Å²) in [4.78, 5) is 0. The zero-order valence-electron chi connectivity index (χ0n) is 11.2. The molecule has 2 N–H and O–H groups in total. The van der Waals surface area contributed by atoms with Crippen LogP contribution in [0, 0.1) is 5.92 Å². The standard InChI is InChI=1S/C13H25NO2S2/c1-18(15,16)11-6-4-5-10(9-11)13(14)12-7-2-3-8-17-12/h10-13H,2-9,14H2,1H3. The van der Waals surface area contributed by atoms with E-state index in [9.17, 15) is 8.42 Å². The number of thioether (sulfide) groups is 1. The van der Waals surface area contributed by atoms with Crippen LogP contribution in [0.5, 0.6) is 0 Å². The SMILES string of the molecule is CS(=O)(=O)C1CCCC(C(N)C2CCCCS2)C1. The van der Waals surface area contributed by atoms with E-state index < -0.39 is 9.84 Å². The lowest BCUT2D eigenvalue weighted by Crippen LogP contribution is -2.44. The molecule has 106 valence electrons. The summed E-state index contributed by atoms with van der Waals surface area (Å²) in [5.74, 6) is 1.63. The molecule has 0 aromatic carbocycles. The minimum atomic E-state index is -2.89. The summed E-state index contributed by atoms with van der Waals surface area (Å²) in [7, 11) is -2.89. The number of nitrogens with two attached hydrogens (primary N) is 1. The third kappa shape index (κ3) is 3.64. The summed E-state index contributed by atoms with van der Waals surface area (Å²) in [5, 5.41) is 0.415. The Hall–Kier alpha value is 0.260. The van der Waals surface area contributed by atoms with E-state index in [0.717, 1.165) is 25.7 Å². The van der Waals surface area contributed by atoms with Crippen molar-refractivity contribution in [3.05, 3.63) is 0 Å². The third-order valence-corrected chi connectivity index (χ3v) is 7.60. The van der Waals surface area contributed by atoms with E-state index in [-0.39, 0.29) is 11.3 Å². The molecule has 0 bridgehead atoms. The Kier molecular flexibility index (Phi) is 5.00. The van der Waals surface area contributed by atoms with Crippen molar-refractivity contribution >= 4 is 21.6 Å². The molecule has 4 unspecified atom stereocenters. The number of sulfone groups is 1. The molecule has 2 aliphatic rings. The zero-order chi connectivity index (χ0) is 13.2. The van der Waals surface area contributed by atoms with Gasteiger partial charge in [-0.15, -0.1) is 0 Å². The van der Waals surface area contributed by atoms with Crippen molar-refractivity contribution in [2.45, 2.75) is 61.5 Å². The van der Waals surface area contributed by atoms with Crippen LogP contribution in [-0.4, -0.2) is 37.0 Å². The van der Waals surface area contributed by atoms with Crippen LogP contribution in [0.2, 0.25) is 0 Å². The Bertz CT molecular complexity index is 363. The number of hydrogen-bond donors (Lipinski definition) is 1. The molecule has 0 amide bonds. The van der Waals surface area contributed by atoms with Gasteiger partial charge in [-0.3, -0.25) is 0 Å². The maximum absolute atomic E-state index is 11.7. The van der Waals surface area contributed by atoms with Crippen LogP contribution in [0.4, 0.5) is 0 Å². The van der Waals surface area contributed by atoms with Gasteiger partial charge in [-0.05, 0) is 43.8 Å². The summed E-state index contributed by atoms with van der Waals surface area (Å²) in [6.07, 6.45) is 8.94. The van der Waals surface area contributed by atoms with E-state index in [1.165, 1.54) is 31.3 Å². The Morgan fingerprint density at radius 2 is 1.94 bits per heavy atom. The molecule has 1 aliphatic carbocycles. The summed E-state index contributed by atoms with van der Waals surface area (Å²) < 4.78 is 23.4. The lowest BCUT2D eigenvalue weighted by molar-refractivity contribution is 0.294. The van der Waals surface area contributed by atoms with Gasteiger partial charge >= 0.3 is 0 Å². The van der Waals surface area contributed by atoms with Gasteiger partial charge in [0.05, 0.1) is 5.25 Å². The number of hydrogen-bond acceptors (Lipinski definition) is 4. The molecular weight excluding hydrogens is 266 g/mol. The topological polar surface area (TPSA) is 60.2 Å². The monoisotopic (exact) mass is 291 g/mol. The van der Waals surface area contributed by atoms with Crippen LogP contribution in [0.1, 0.15) is 44.9 Å². The molecule has 1 heterocycles. The molecule has 2 fully saturated rings. The fraction of sp³-hybridized carbons (Fsp3) is 1.00. The quantitative estimate of drug-likeness (QED) is 0.866. The van der Waals surface area contributed by atoms with Gasteiger partial charge in [0, 0.05) is 17.5 Å². The maximum atomic E-state index is 11.7. The van der Waals surface area contributed by atoms with Crippen molar-refractivity contribution in [3.63, 3.8) is 0 Å². The Morgan fingerprint density at radius 1 is 1.17 bits per heavy atom. The highest BCUT2D eigenvalue weighted by Gasteiger charge is 2.35. The first-order valence-electron chi connectivity index (χ1n) is 7.04. The summed E-state index contributed by atoms with van der Waals surface area (Å²) in [5.41, 5.74) is 6.41. The van der Waals surface area contributed by atoms with Crippen molar-refractivity contribution in [1.82, 2.24) is 0 Å². The molecule has 0 aromatic heterocycles. The van der Waals surface area contributed by atoms with E-state index in [0.29, 0.717) is 11.2 Å². The summed E-state index contributed by atoms with van der Waals surface area (Å²) in [6, 6.07) is 0.194. The molecule has 1 aliphatic heterocycles. The molecule has 1 saturated heterocycles. The molecule has 1 saturated carbocycles. The smallest absolute Gasteiger partial charge is 0.150 e. The molecule has 18 heavy (non-hydrogen) atoms. The molecule has 5 heteroatoms. The van der Waals surface area contributed by atoms with Gasteiger partial charge in [0.15, 0.2) is 0 Å². The van der Waals surface area contributed by atoms with E-state index in [1.54, 1.807) is 0 Å².